The summed E-state index contributed by atoms with van der Waals surface area (Å²) in [5.41, 5.74) is 2.07. The van der Waals surface area contributed by atoms with Gasteiger partial charge in [-0.3, -0.25) is 4.79 Å². The first kappa shape index (κ1) is 13.2. The second-order valence-electron chi connectivity index (χ2n) is 5.28. The van der Waals surface area contributed by atoms with Crippen LogP contribution in [0.2, 0.25) is 5.02 Å². The molecule has 2 aromatic carbocycles. The number of carbonyl (C=O) groups is 1. The maximum atomic E-state index is 11.6. The molecule has 1 fully saturated rings. The number of hydrogen-bond donors (Lipinski definition) is 1. The van der Waals surface area contributed by atoms with Gasteiger partial charge in [-0.2, -0.15) is 0 Å². The average molecular weight is 287 g/mol. The van der Waals surface area contributed by atoms with Crippen molar-refractivity contribution < 1.29 is 9.90 Å². The van der Waals surface area contributed by atoms with Gasteiger partial charge in [-0.1, -0.05) is 54.1 Å². The van der Waals surface area contributed by atoms with Crippen LogP contribution in [0.3, 0.4) is 0 Å². The van der Waals surface area contributed by atoms with Gasteiger partial charge in [0, 0.05) is 5.02 Å². The summed E-state index contributed by atoms with van der Waals surface area (Å²) in [6, 6.07) is 17.3. The molecule has 0 amide bonds. The zero-order valence-corrected chi connectivity index (χ0v) is 11.6. The van der Waals surface area contributed by atoms with E-state index < -0.39 is 11.9 Å². The van der Waals surface area contributed by atoms with E-state index in [0.717, 1.165) is 12.0 Å². The molecule has 0 heterocycles. The Kier molecular flexibility index (Phi) is 3.49. The molecule has 3 rings (SSSR count). The lowest BCUT2D eigenvalue weighted by Crippen LogP contribution is -2.14. The number of rotatable bonds is 4. The van der Waals surface area contributed by atoms with Crippen LogP contribution in [0, 0.1) is 5.92 Å². The largest absolute Gasteiger partial charge is 0.481 e. The predicted octanol–water partition coefficient (Wildman–Crippen LogP) is 4.31. The highest BCUT2D eigenvalue weighted by Crippen LogP contribution is 2.55. The molecule has 0 radical (unpaired) electrons. The summed E-state index contributed by atoms with van der Waals surface area (Å²) >= 11 is 5.87. The Hall–Kier alpha value is -1.80. The third-order valence-electron chi connectivity index (χ3n) is 3.99. The molecule has 1 N–H and O–H groups in total. The van der Waals surface area contributed by atoms with Gasteiger partial charge < -0.3 is 5.11 Å². The number of carboxylic acids is 1. The van der Waals surface area contributed by atoms with E-state index in [1.54, 1.807) is 12.1 Å². The van der Waals surface area contributed by atoms with Crippen molar-refractivity contribution in [1.82, 2.24) is 0 Å². The van der Waals surface area contributed by atoms with E-state index >= 15 is 0 Å². The Labute approximate surface area is 123 Å². The van der Waals surface area contributed by atoms with Crippen LogP contribution < -0.4 is 0 Å². The molecular formula is C17H15ClO2. The Bertz CT molecular complexity index is 607. The van der Waals surface area contributed by atoms with E-state index in [-0.39, 0.29) is 5.92 Å². The van der Waals surface area contributed by atoms with Crippen molar-refractivity contribution in [2.24, 2.45) is 5.92 Å². The third-order valence-corrected chi connectivity index (χ3v) is 4.24. The van der Waals surface area contributed by atoms with Crippen LogP contribution in [0.4, 0.5) is 0 Å². The number of halogens is 1. The molecule has 2 aromatic rings. The maximum absolute atomic E-state index is 11.6. The fourth-order valence-electron chi connectivity index (χ4n) is 2.91. The number of benzene rings is 2. The minimum atomic E-state index is -0.754. The average Bonchev–Trinajstić information content (AvgIpc) is 3.22. The number of aliphatic carboxylic acids is 1. The summed E-state index contributed by atoms with van der Waals surface area (Å²) in [5.74, 6) is -0.669. The van der Waals surface area contributed by atoms with Gasteiger partial charge in [-0.25, -0.2) is 0 Å². The molecule has 1 aliphatic rings. The van der Waals surface area contributed by atoms with Gasteiger partial charge in [0.15, 0.2) is 0 Å². The van der Waals surface area contributed by atoms with Crippen LogP contribution in [0.15, 0.2) is 54.6 Å². The van der Waals surface area contributed by atoms with Crippen molar-refractivity contribution in [3.63, 3.8) is 0 Å². The summed E-state index contributed by atoms with van der Waals surface area (Å²) in [5, 5.41) is 10.2. The Balaban J connectivity index is 1.83. The lowest BCUT2D eigenvalue weighted by atomic mass is 9.92. The van der Waals surface area contributed by atoms with Gasteiger partial charge >= 0.3 is 5.97 Å². The first-order valence-electron chi connectivity index (χ1n) is 6.70. The van der Waals surface area contributed by atoms with E-state index in [9.17, 15) is 9.90 Å². The van der Waals surface area contributed by atoms with Crippen LogP contribution in [-0.2, 0) is 4.79 Å². The van der Waals surface area contributed by atoms with Crippen molar-refractivity contribution in [2.75, 3.05) is 0 Å². The van der Waals surface area contributed by atoms with Gasteiger partial charge in [-0.05, 0) is 41.5 Å². The lowest BCUT2D eigenvalue weighted by Gasteiger charge is -2.13. The van der Waals surface area contributed by atoms with E-state index in [2.05, 4.69) is 12.1 Å². The molecule has 3 unspecified atom stereocenters. The molecule has 20 heavy (non-hydrogen) atoms. The summed E-state index contributed by atoms with van der Waals surface area (Å²) in [4.78, 5) is 11.6. The van der Waals surface area contributed by atoms with Crippen LogP contribution in [0.1, 0.15) is 29.4 Å². The van der Waals surface area contributed by atoms with Gasteiger partial charge in [0.05, 0.1) is 5.92 Å². The monoisotopic (exact) mass is 286 g/mol. The second kappa shape index (κ2) is 5.29. The molecule has 0 aliphatic heterocycles. The predicted molar refractivity (Wildman–Crippen MR) is 79.1 cm³/mol. The van der Waals surface area contributed by atoms with Gasteiger partial charge in [0.1, 0.15) is 0 Å². The third kappa shape index (κ3) is 2.56. The summed E-state index contributed by atoms with van der Waals surface area (Å²) in [6.45, 7) is 0. The number of carboxylic acid groups (broad SMARTS) is 1. The molecule has 1 saturated carbocycles. The molecule has 0 aromatic heterocycles. The summed E-state index contributed by atoms with van der Waals surface area (Å²) in [7, 11) is 0. The zero-order chi connectivity index (χ0) is 14.1. The van der Waals surface area contributed by atoms with E-state index in [0.29, 0.717) is 10.9 Å². The zero-order valence-electron chi connectivity index (χ0n) is 10.9. The van der Waals surface area contributed by atoms with Crippen molar-refractivity contribution in [2.45, 2.75) is 18.3 Å². The molecule has 3 heteroatoms. The smallest absolute Gasteiger partial charge is 0.311 e. The Morgan fingerprint density at radius 3 is 2.35 bits per heavy atom. The summed E-state index contributed by atoms with van der Waals surface area (Å²) in [6.07, 6.45) is 0.934. The van der Waals surface area contributed by atoms with E-state index in [1.807, 2.05) is 30.3 Å². The summed E-state index contributed by atoms with van der Waals surface area (Å²) < 4.78 is 0. The molecule has 102 valence electrons. The topological polar surface area (TPSA) is 37.3 Å². The molecule has 1 aliphatic carbocycles. The van der Waals surface area contributed by atoms with E-state index in [4.69, 9.17) is 11.6 Å². The molecule has 0 spiro atoms. The molecule has 2 nitrogen and oxygen atoms in total. The van der Waals surface area contributed by atoms with Gasteiger partial charge in [0.2, 0.25) is 0 Å². The van der Waals surface area contributed by atoms with Crippen molar-refractivity contribution >= 4 is 17.6 Å². The fourth-order valence-corrected chi connectivity index (χ4v) is 3.04. The first-order valence-corrected chi connectivity index (χ1v) is 7.08. The highest BCUT2D eigenvalue weighted by atomic mass is 35.5. The Morgan fingerprint density at radius 1 is 1.10 bits per heavy atom. The minimum absolute atomic E-state index is 0.177. The molecule has 0 bridgehead atoms. The van der Waals surface area contributed by atoms with Crippen LogP contribution in [-0.4, -0.2) is 11.1 Å². The highest BCUT2D eigenvalue weighted by molar-refractivity contribution is 6.30. The number of hydrogen-bond acceptors (Lipinski definition) is 1. The SMILES string of the molecule is O=C(O)C(c1ccc(Cl)cc1)C1CC1c1ccccc1. The quantitative estimate of drug-likeness (QED) is 0.909. The highest BCUT2D eigenvalue weighted by Gasteiger charge is 2.47. The van der Waals surface area contributed by atoms with Crippen LogP contribution in [0.25, 0.3) is 0 Å². The van der Waals surface area contributed by atoms with Crippen molar-refractivity contribution in [3.05, 3.63) is 70.7 Å². The molecule has 0 saturated heterocycles. The van der Waals surface area contributed by atoms with Gasteiger partial charge in [0.25, 0.3) is 0 Å². The Morgan fingerprint density at radius 2 is 1.75 bits per heavy atom. The van der Waals surface area contributed by atoms with Crippen LogP contribution >= 0.6 is 11.6 Å². The van der Waals surface area contributed by atoms with Gasteiger partial charge in [-0.15, -0.1) is 0 Å². The second-order valence-corrected chi connectivity index (χ2v) is 5.72. The van der Waals surface area contributed by atoms with E-state index in [1.165, 1.54) is 5.56 Å². The standard InChI is InChI=1S/C17H15ClO2/c18-13-8-6-12(7-9-13)16(17(19)20)15-10-14(15)11-4-2-1-3-5-11/h1-9,14-16H,10H2,(H,19,20). The van der Waals surface area contributed by atoms with Crippen molar-refractivity contribution in [3.8, 4) is 0 Å². The minimum Gasteiger partial charge on any atom is -0.481 e. The fraction of sp³-hybridized carbons (Fsp3) is 0.235. The molecular weight excluding hydrogens is 272 g/mol. The lowest BCUT2D eigenvalue weighted by molar-refractivity contribution is -0.139. The molecule has 3 atom stereocenters. The van der Waals surface area contributed by atoms with Crippen molar-refractivity contribution in [1.29, 1.82) is 0 Å². The first-order chi connectivity index (χ1) is 9.66. The normalized spacial score (nSPS) is 22.2. The maximum Gasteiger partial charge on any atom is 0.311 e. The van der Waals surface area contributed by atoms with Crippen LogP contribution in [0.5, 0.6) is 0 Å².